The van der Waals surface area contributed by atoms with Crippen molar-refractivity contribution in [1.82, 2.24) is 15.2 Å². The molecule has 5 rings (SSSR count). The molecule has 4 aromatic rings. The van der Waals surface area contributed by atoms with Crippen LogP contribution in [0.15, 0.2) is 90.2 Å². The van der Waals surface area contributed by atoms with Gasteiger partial charge in [-0.3, -0.25) is 24.2 Å². The number of rotatable bonds is 13. The maximum absolute atomic E-state index is 14.5. The Morgan fingerprint density at radius 2 is 1.65 bits per heavy atom. The Labute approximate surface area is 303 Å². The van der Waals surface area contributed by atoms with Gasteiger partial charge in [0.05, 0.1) is 44.9 Å². The minimum Gasteiger partial charge on any atom is -0.481 e. The zero-order valence-electron chi connectivity index (χ0n) is 27.8. The number of halogens is 2. The van der Waals surface area contributed by atoms with Crippen molar-refractivity contribution in [3.05, 3.63) is 112 Å². The van der Waals surface area contributed by atoms with Crippen molar-refractivity contribution in [2.24, 2.45) is 11.1 Å². The normalized spacial score (nSPS) is 16.5. The minimum atomic E-state index is -1.83. The van der Waals surface area contributed by atoms with Crippen molar-refractivity contribution >= 4 is 69.4 Å². The van der Waals surface area contributed by atoms with Gasteiger partial charge in [0.1, 0.15) is 6.04 Å². The highest BCUT2D eigenvalue weighted by Gasteiger charge is 2.53. The molecule has 3 atom stereocenters. The van der Waals surface area contributed by atoms with Gasteiger partial charge in [0.25, 0.3) is 11.8 Å². The van der Waals surface area contributed by atoms with Crippen LogP contribution in [0.4, 0.5) is 0 Å². The van der Waals surface area contributed by atoms with Crippen molar-refractivity contribution < 1.29 is 38.7 Å². The van der Waals surface area contributed by atoms with Crippen LogP contribution in [0.25, 0.3) is 10.9 Å². The maximum Gasteiger partial charge on any atom is 0.341 e. The second-order valence-corrected chi connectivity index (χ2v) is 13.1. The smallest absolute Gasteiger partial charge is 0.341 e. The summed E-state index contributed by atoms with van der Waals surface area (Å²) in [7, 11) is 1.26. The lowest BCUT2D eigenvalue weighted by molar-refractivity contribution is -0.161. The molecule has 0 radical (unpaired) electrons. The zero-order valence-corrected chi connectivity index (χ0v) is 29.4. The van der Waals surface area contributed by atoms with E-state index in [1.807, 2.05) is 38.1 Å². The molecule has 264 valence electrons. The van der Waals surface area contributed by atoms with E-state index in [4.69, 9.17) is 32.8 Å². The van der Waals surface area contributed by atoms with Crippen LogP contribution in [0.5, 0.6) is 0 Å². The number of likely N-dealkylation sites (N-methyl/N-ethyl adjacent to an activating group) is 1. The van der Waals surface area contributed by atoms with Crippen molar-refractivity contribution in [3.63, 3.8) is 0 Å². The number of ether oxygens (including phenoxy) is 1. The van der Waals surface area contributed by atoms with E-state index in [1.54, 1.807) is 36.4 Å². The highest BCUT2D eigenvalue weighted by molar-refractivity contribution is 6.39. The van der Waals surface area contributed by atoms with Crippen molar-refractivity contribution in [2.75, 3.05) is 13.7 Å². The number of pyridine rings is 1. The van der Waals surface area contributed by atoms with Gasteiger partial charge in [-0.2, -0.15) is 0 Å². The third kappa shape index (κ3) is 8.03. The van der Waals surface area contributed by atoms with Gasteiger partial charge in [0.15, 0.2) is 12.4 Å². The first kappa shape index (κ1) is 36.9. The van der Waals surface area contributed by atoms with Crippen LogP contribution in [0.2, 0.25) is 10.0 Å². The molecule has 0 spiro atoms. The average Bonchev–Trinajstić information content (AvgIpc) is 3.57. The molecule has 1 aromatic heterocycles. The molecule has 0 saturated heterocycles. The van der Waals surface area contributed by atoms with Gasteiger partial charge in [-0.05, 0) is 30.2 Å². The van der Waals surface area contributed by atoms with Crippen molar-refractivity contribution in [2.45, 2.75) is 44.4 Å². The summed E-state index contributed by atoms with van der Waals surface area (Å²) in [6.07, 6.45) is 0.552. The summed E-state index contributed by atoms with van der Waals surface area (Å²) in [5, 5.41) is 17.8. The topological polar surface area (TPSA) is 165 Å². The molecule has 12 nitrogen and oxygen atoms in total. The molecule has 0 aliphatic carbocycles. The SMILES string of the molecule is CC(C)[C@H](NC(=O)c1cnc2ccccc2c1)C1=NOC(C(=O)N(C)[C@@H](CC(=O)O)C(=O)COC(=O)c2c(Cl)cccc2Cl)(c2ccccc2)C1. The lowest BCUT2D eigenvalue weighted by Gasteiger charge is -2.34. The number of carboxylic acids is 1. The first-order valence-corrected chi connectivity index (χ1v) is 16.7. The van der Waals surface area contributed by atoms with Gasteiger partial charge in [-0.25, -0.2) is 4.79 Å². The van der Waals surface area contributed by atoms with Gasteiger partial charge >= 0.3 is 11.9 Å². The highest BCUT2D eigenvalue weighted by Crippen LogP contribution is 2.39. The number of esters is 1. The number of aliphatic carboxylic acids is 1. The van der Waals surface area contributed by atoms with Gasteiger partial charge in [-0.1, -0.05) is 96.8 Å². The number of carbonyl (C=O) groups excluding carboxylic acids is 4. The van der Waals surface area contributed by atoms with Crippen LogP contribution in [0.1, 0.15) is 53.0 Å². The van der Waals surface area contributed by atoms with Gasteiger partial charge in [-0.15, -0.1) is 0 Å². The molecule has 1 aliphatic rings. The standard InChI is InChI=1S/C37H34Cl2N4O8/c1-21(2)33(41-34(47)23-16-22-10-7-8-15-27(22)40-19-23)28-18-37(51-42-28,24-11-5-4-6-12-24)36(49)43(3)29(17-31(45)46)30(44)20-50-35(48)32-25(38)13-9-14-26(32)39/h4-16,19,21,29,33H,17-18,20H2,1-3H3,(H,41,47)(H,45,46)/t29-,33-,37?/m0/s1. The number of Topliss-reactive ketones (excluding diaryl/α,β-unsaturated/α-hetero) is 1. The molecular formula is C37H34Cl2N4O8. The number of aromatic nitrogens is 1. The molecule has 0 bridgehead atoms. The van der Waals surface area contributed by atoms with Gasteiger partial charge in [0.2, 0.25) is 5.60 Å². The Balaban J connectivity index is 1.39. The van der Waals surface area contributed by atoms with Gasteiger partial charge < -0.3 is 24.9 Å². The monoisotopic (exact) mass is 732 g/mol. The first-order chi connectivity index (χ1) is 24.3. The van der Waals surface area contributed by atoms with E-state index in [0.717, 1.165) is 15.8 Å². The molecule has 14 heteroatoms. The fourth-order valence-corrected chi connectivity index (χ4v) is 6.39. The Bertz CT molecular complexity index is 2000. The van der Waals surface area contributed by atoms with E-state index in [0.29, 0.717) is 16.8 Å². The number of oxime groups is 1. The number of fused-ring (bicyclic) bond motifs is 1. The minimum absolute atomic E-state index is 0.00172. The summed E-state index contributed by atoms with van der Waals surface area (Å²) >= 11 is 12.2. The van der Waals surface area contributed by atoms with Crippen LogP contribution >= 0.6 is 23.2 Å². The van der Waals surface area contributed by atoms with E-state index in [9.17, 15) is 29.1 Å². The Morgan fingerprint density at radius 1 is 0.980 bits per heavy atom. The van der Waals surface area contributed by atoms with Crippen LogP contribution in [0, 0.1) is 5.92 Å². The van der Waals surface area contributed by atoms with Crippen molar-refractivity contribution in [3.8, 4) is 0 Å². The fourth-order valence-electron chi connectivity index (χ4n) is 5.83. The summed E-state index contributed by atoms with van der Waals surface area (Å²) in [6, 6.07) is 19.7. The number of amides is 2. The molecule has 0 fully saturated rings. The molecule has 1 unspecified atom stereocenters. The van der Waals surface area contributed by atoms with Crippen molar-refractivity contribution in [1.29, 1.82) is 0 Å². The van der Waals surface area contributed by atoms with Gasteiger partial charge in [0, 0.05) is 30.6 Å². The third-order valence-electron chi connectivity index (χ3n) is 8.54. The second-order valence-electron chi connectivity index (χ2n) is 12.3. The van der Waals surface area contributed by atoms with E-state index in [-0.39, 0.29) is 27.9 Å². The Hall–Kier alpha value is -5.33. The van der Waals surface area contributed by atoms with E-state index < -0.39 is 60.2 Å². The van der Waals surface area contributed by atoms with Crippen LogP contribution in [0.3, 0.4) is 0 Å². The van der Waals surface area contributed by atoms with E-state index >= 15 is 0 Å². The predicted molar refractivity (Wildman–Crippen MR) is 190 cm³/mol. The maximum atomic E-state index is 14.5. The van der Waals surface area contributed by atoms with Crippen LogP contribution in [-0.4, -0.2) is 76.0 Å². The summed E-state index contributed by atoms with van der Waals surface area (Å²) in [6.45, 7) is 2.88. The number of hydrogen-bond donors (Lipinski definition) is 2. The molecule has 0 saturated carbocycles. The lowest BCUT2D eigenvalue weighted by atomic mass is 9.83. The van der Waals surface area contributed by atoms with E-state index in [1.165, 1.54) is 31.4 Å². The molecule has 51 heavy (non-hydrogen) atoms. The molecule has 1 aliphatic heterocycles. The molecule has 2 amide bonds. The number of benzene rings is 3. The summed E-state index contributed by atoms with van der Waals surface area (Å²) in [4.78, 5) is 77.4. The predicted octanol–water partition coefficient (Wildman–Crippen LogP) is 5.70. The molecular weight excluding hydrogens is 699 g/mol. The number of nitrogens with zero attached hydrogens (tertiary/aromatic N) is 3. The number of nitrogens with one attached hydrogen (secondary N) is 1. The average molecular weight is 734 g/mol. The summed E-state index contributed by atoms with van der Waals surface area (Å²) in [5.74, 6) is -4.64. The molecule has 2 heterocycles. The fraction of sp³-hybridized carbons (Fsp3) is 0.270. The Morgan fingerprint density at radius 3 is 2.31 bits per heavy atom. The molecule has 2 N–H and O–H groups in total. The number of carbonyl (C=O) groups is 5. The van der Waals surface area contributed by atoms with Crippen LogP contribution in [-0.2, 0) is 29.6 Å². The van der Waals surface area contributed by atoms with E-state index in [2.05, 4.69) is 15.5 Å². The number of ketones is 1. The largest absolute Gasteiger partial charge is 0.481 e. The molecule has 3 aromatic carbocycles. The Kier molecular flexibility index (Phi) is 11.4. The first-order valence-electron chi connectivity index (χ1n) is 15.9. The number of hydrogen-bond acceptors (Lipinski definition) is 9. The zero-order chi connectivity index (χ0) is 36.9. The second kappa shape index (κ2) is 15.7. The number of carboxylic acid groups (broad SMARTS) is 1. The lowest BCUT2D eigenvalue weighted by Crippen LogP contribution is -2.54. The number of para-hydroxylation sites is 1. The quantitative estimate of drug-likeness (QED) is 0.164. The van der Waals surface area contributed by atoms with Crippen LogP contribution < -0.4 is 5.32 Å². The third-order valence-corrected chi connectivity index (χ3v) is 9.17. The summed E-state index contributed by atoms with van der Waals surface area (Å²) in [5.41, 5.74) is -0.188. The highest BCUT2D eigenvalue weighted by atomic mass is 35.5. The summed E-state index contributed by atoms with van der Waals surface area (Å²) < 4.78 is 5.16.